The summed E-state index contributed by atoms with van der Waals surface area (Å²) in [6, 6.07) is 12.5. The minimum atomic E-state index is 0.0379. The maximum absolute atomic E-state index is 12.5. The fraction of sp³-hybridized carbons (Fsp3) is 0.421. The molecule has 3 aliphatic heterocycles. The van der Waals surface area contributed by atoms with Crippen molar-refractivity contribution in [2.45, 2.75) is 41.8 Å². The standard InChI is InChI=1S/C19H22N2O2S/c1-13-11-15-8-9-21(13)12-17(15)20-19(22)14-4-6-16(7-5-14)24-18-3-2-10-23-18/h2-7,10,13,15,17H,8-9,11-12H2,1H3,(H,20,22). The largest absolute Gasteiger partial charge is 0.458 e. The van der Waals surface area contributed by atoms with Crippen LogP contribution in [-0.2, 0) is 0 Å². The first-order valence-electron chi connectivity index (χ1n) is 8.55. The lowest BCUT2D eigenvalue weighted by molar-refractivity contribution is 0.0274. The number of furan rings is 1. The van der Waals surface area contributed by atoms with Crippen molar-refractivity contribution in [3.8, 4) is 0 Å². The van der Waals surface area contributed by atoms with E-state index in [1.54, 1.807) is 18.0 Å². The molecule has 3 fully saturated rings. The average Bonchev–Trinajstić information content (AvgIpc) is 3.09. The highest BCUT2D eigenvalue weighted by molar-refractivity contribution is 7.99. The maximum atomic E-state index is 12.5. The molecule has 0 radical (unpaired) electrons. The van der Waals surface area contributed by atoms with Gasteiger partial charge in [-0.3, -0.25) is 9.69 Å². The summed E-state index contributed by atoms with van der Waals surface area (Å²) >= 11 is 1.56. The van der Waals surface area contributed by atoms with E-state index in [2.05, 4.69) is 17.1 Å². The van der Waals surface area contributed by atoms with Crippen LogP contribution in [0.4, 0.5) is 0 Å². The lowest BCUT2D eigenvalue weighted by atomic mass is 9.80. The second kappa shape index (κ2) is 6.65. The molecule has 0 aliphatic carbocycles. The fourth-order valence-electron chi connectivity index (χ4n) is 3.82. The van der Waals surface area contributed by atoms with Gasteiger partial charge in [0, 0.05) is 29.1 Å². The number of hydrogen-bond donors (Lipinski definition) is 1. The SMILES string of the molecule is CC1CC2CCN1CC2NC(=O)c1ccc(Sc2ccco2)cc1. The smallest absolute Gasteiger partial charge is 0.251 e. The molecule has 4 nitrogen and oxygen atoms in total. The summed E-state index contributed by atoms with van der Waals surface area (Å²) < 4.78 is 5.33. The molecular formula is C19H22N2O2S. The van der Waals surface area contributed by atoms with E-state index in [9.17, 15) is 4.79 Å². The van der Waals surface area contributed by atoms with Gasteiger partial charge in [0.1, 0.15) is 0 Å². The van der Waals surface area contributed by atoms with Crippen molar-refractivity contribution < 1.29 is 9.21 Å². The Bertz CT molecular complexity index is 699. The number of nitrogens with one attached hydrogen (secondary N) is 1. The van der Waals surface area contributed by atoms with Gasteiger partial charge in [-0.1, -0.05) is 11.8 Å². The quantitative estimate of drug-likeness (QED) is 0.921. The number of piperidine rings is 3. The molecule has 1 aromatic carbocycles. The highest BCUT2D eigenvalue weighted by atomic mass is 32.2. The molecule has 3 saturated heterocycles. The summed E-state index contributed by atoms with van der Waals surface area (Å²) in [4.78, 5) is 16.1. The Labute approximate surface area is 146 Å². The van der Waals surface area contributed by atoms with E-state index in [0.29, 0.717) is 18.0 Å². The number of amides is 1. The Hall–Kier alpha value is -1.72. The van der Waals surface area contributed by atoms with Gasteiger partial charge in [0.25, 0.3) is 5.91 Å². The molecule has 2 aromatic rings. The van der Waals surface area contributed by atoms with Crippen LogP contribution >= 0.6 is 11.8 Å². The molecule has 5 rings (SSSR count). The topological polar surface area (TPSA) is 45.5 Å². The molecule has 24 heavy (non-hydrogen) atoms. The first-order valence-corrected chi connectivity index (χ1v) is 9.37. The van der Waals surface area contributed by atoms with Crippen LogP contribution in [-0.4, -0.2) is 36.0 Å². The fourth-order valence-corrected chi connectivity index (χ4v) is 4.58. The monoisotopic (exact) mass is 342 g/mol. The van der Waals surface area contributed by atoms with Crippen molar-refractivity contribution in [2.75, 3.05) is 13.1 Å². The van der Waals surface area contributed by atoms with Crippen LogP contribution in [0.3, 0.4) is 0 Å². The van der Waals surface area contributed by atoms with Gasteiger partial charge in [0.2, 0.25) is 0 Å². The molecule has 1 N–H and O–H groups in total. The van der Waals surface area contributed by atoms with Crippen LogP contribution in [0.25, 0.3) is 0 Å². The maximum Gasteiger partial charge on any atom is 0.251 e. The molecule has 2 bridgehead atoms. The number of fused-ring (bicyclic) bond motifs is 3. The molecule has 4 atom stereocenters. The first kappa shape index (κ1) is 15.8. The summed E-state index contributed by atoms with van der Waals surface area (Å²) in [5.74, 6) is 0.665. The van der Waals surface area contributed by atoms with Crippen LogP contribution in [0.2, 0.25) is 0 Å². The Morgan fingerprint density at radius 1 is 1.29 bits per heavy atom. The minimum Gasteiger partial charge on any atom is -0.458 e. The highest BCUT2D eigenvalue weighted by Gasteiger charge is 2.38. The van der Waals surface area contributed by atoms with Gasteiger partial charge in [0.05, 0.1) is 6.26 Å². The predicted molar refractivity (Wildman–Crippen MR) is 94.3 cm³/mol. The number of nitrogens with zero attached hydrogens (tertiary/aromatic N) is 1. The van der Waals surface area contributed by atoms with E-state index < -0.39 is 0 Å². The second-order valence-corrected chi connectivity index (χ2v) is 7.84. The van der Waals surface area contributed by atoms with Crippen molar-refractivity contribution in [1.82, 2.24) is 10.2 Å². The normalized spacial score (nSPS) is 28.7. The van der Waals surface area contributed by atoms with Gasteiger partial charge in [-0.25, -0.2) is 0 Å². The van der Waals surface area contributed by atoms with E-state index in [4.69, 9.17) is 4.42 Å². The summed E-state index contributed by atoms with van der Waals surface area (Å²) in [7, 11) is 0. The van der Waals surface area contributed by atoms with Crippen molar-refractivity contribution in [1.29, 1.82) is 0 Å². The van der Waals surface area contributed by atoms with Crippen LogP contribution in [0.15, 0.2) is 57.1 Å². The van der Waals surface area contributed by atoms with Crippen molar-refractivity contribution in [3.63, 3.8) is 0 Å². The second-order valence-electron chi connectivity index (χ2n) is 6.77. The summed E-state index contributed by atoms with van der Waals surface area (Å²) in [5.41, 5.74) is 0.725. The van der Waals surface area contributed by atoms with Gasteiger partial charge in [-0.2, -0.15) is 0 Å². The first-order chi connectivity index (χ1) is 11.7. The van der Waals surface area contributed by atoms with Crippen LogP contribution in [0.5, 0.6) is 0 Å². The Balaban J connectivity index is 1.38. The Morgan fingerprint density at radius 2 is 2.12 bits per heavy atom. The van der Waals surface area contributed by atoms with E-state index in [1.807, 2.05) is 36.4 Å². The minimum absolute atomic E-state index is 0.0379. The molecule has 1 aromatic heterocycles. The molecule has 5 heteroatoms. The van der Waals surface area contributed by atoms with E-state index >= 15 is 0 Å². The van der Waals surface area contributed by atoms with Gasteiger partial charge >= 0.3 is 0 Å². The third kappa shape index (κ3) is 3.23. The summed E-state index contributed by atoms with van der Waals surface area (Å²) in [6.07, 6.45) is 4.07. The van der Waals surface area contributed by atoms with Gasteiger partial charge in [0.15, 0.2) is 5.09 Å². The van der Waals surface area contributed by atoms with E-state index in [0.717, 1.165) is 22.1 Å². The Kier molecular flexibility index (Phi) is 4.37. The molecule has 0 spiro atoms. The third-order valence-electron chi connectivity index (χ3n) is 5.20. The molecule has 4 heterocycles. The molecule has 4 unspecified atom stereocenters. The molecule has 0 saturated carbocycles. The van der Waals surface area contributed by atoms with Crippen molar-refractivity contribution in [2.24, 2.45) is 5.92 Å². The van der Waals surface area contributed by atoms with Crippen molar-refractivity contribution >= 4 is 17.7 Å². The van der Waals surface area contributed by atoms with E-state index in [1.165, 1.54) is 19.4 Å². The predicted octanol–water partition coefficient (Wildman–Crippen LogP) is 3.64. The van der Waals surface area contributed by atoms with Crippen LogP contribution < -0.4 is 5.32 Å². The lowest BCUT2D eigenvalue weighted by Crippen LogP contribution is -2.60. The molecule has 3 aliphatic rings. The van der Waals surface area contributed by atoms with Gasteiger partial charge in [-0.15, -0.1) is 0 Å². The van der Waals surface area contributed by atoms with Crippen LogP contribution in [0.1, 0.15) is 30.1 Å². The third-order valence-corrected chi connectivity index (χ3v) is 6.14. The van der Waals surface area contributed by atoms with E-state index in [-0.39, 0.29) is 5.91 Å². The lowest BCUT2D eigenvalue weighted by Gasteiger charge is -2.48. The Morgan fingerprint density at radius 3 is 2.75 bits per heavy atom. The number of carbonyl (C=O) groups excluding carboxylic acids is 1. The zero-order valence-corrected chi connectivity index (χ0v) is 14.6. The molecular weight excluding hydrogens is 320 g/mol. The number of hydrogen-bond acceptors (Lipinski definition) is 4. The van der Waals surface area contributed by atoms with Gasteiger partial charge in [-0.05, 0) is 68.6 Å². The zero-order valence-electron chi connectivity index (χ0n) is 13.8. The average molecular weight is 342 g/mol. The highest BCUT2D eigenvalue weighted by Crippen LogP contribution is 2.32. The van der Waals surface area contributed by atoms with Gasteiger partial charge < -0.3 is 9.73 Å². The van der Waals surface area contributed by atoms with Crippen molar-refractivity contribution in [3.05, 3.63) is 48.2 Å². The number of rotatable bonds is 4. The summed E-state index contributed by atoms with van der Waals surface area (Å²) in [5, 5.41) is 4.10. The number of carbonyl (C=O) groups is 1. The molecule has 126 valence electrons. The zero-order chi connectivity index (χ0) is 16.5. The molecule has 1 amide bonds. The van der Waals surface area contributed by atoms with Crippen LogP contribution in [0, 0.1) is 5.92 Å². The number of benzene rings is 1. The summed E-state index contributed by atoms with van der Waals surface area (Å²) in [6.45, 7) is 4.46.